The Balaban J connectivity index is 1.40. The molecule has 0 aliphatic heterocycles. The molecule has 1 aliphatic rings. The molecule has 0 spiro atoms. The molecule has 5 rings (SSSR count). The van der Waals surface area contributed by atoms with E-state index in [0.29, 0.717) is 27.9 Å². The first kappa shape index (κ1) is 29.7. The first-order chi connectivity index (χ1) is 20.1. The number of nitrogens with one attached hydrogen (secondary N) is 1. The number of halogens is 8. The van der Waals surface area contributed by atoms with Crippen LogP contribution in [0.15, 0.2) is 67.0 Å². The molecule has 6 nitrogen and oxygen atoms in total. The molecule has 1 aliphatic carbocycles. The zero-order chi connectivity index (χ0) is 31.3. The third-order valence-corrected chi connectivity index (χ3v) is 7.06. The van der Waals surface area contributed by atoms with Gasteiger partial charge in [0.15, 0.2) is 0 Å². The van der Waals surface area contributed by atoms with Gasteiger partial charge in [0, 0.05) is 28.6 Å². The zero-order valence-electron chi connectivity index (χ0n) is 21.7. The van der Waals surface area contributed by atoms with Crippen LogP contribution < -0.4 is 5.32 Å². The predicted molar refractivity (Wildman–Crippen MR) is 137 cm³/mol. The van der Waals surface area contributed by atoms with E-state index in [4.69, 9.17) is 0 Å². The van der Waals surface area contributed by atoms with Crippen LogP contribution in [-0.4, -0.2) is 32.9 Å². The van der Waals surface area contributed by atoms with Crippen LogP contribution in [-0.2, 0) is 22.9 Å². The number of anilines is 1. The molecule has 0 atom stereocenters. The molecule has 1 heterocycles. The maximum Gasteiger partial charge on any atom is 0.416 e. The van der Waals surface area contributed by atoms with E-state index in [1.165, 1.54) is 36.7 Å². The molecule has 1 saturated carbocycles. The van der Waals surface area contributed by atoms with Crippen LogP contribution in [0.5, 0.6) is 0 Å². The lowest BCUT2D eigenvalue weighted by atomic mass is 9.92. The average Bonchev–Trinajstić information content (AvgIpc) is 3.59. The molecule has 1 aromatic heterocycles. The van der Waals surface area contributed by atoms with Crippen LogP contribution >= 0.6 is 0 Å². The number of aromatic nitrogens is 2. The van der Waals surface area contributed by atoms with Crippen molar-refractivity contribution in [3.8, 4) is 22.3 Å². The van der Waals surface area contributed by atoms with E-state index < -0.39 is 59.0 Å². The molecular weight excluding hydrogens is 590 g/mol. The highest BCUT2D eigenvalue weighted by Gasteiger charge is 2.53. The highest BCUT2D eigenvalue weighted by Crippen LogP contribution is 2.50. The van der Waals surface area contributed by atoms with Gasteiger partial charge < -0.3 is 10.4 Å². The molecule has 2 N–H and O–H groups in total. The van der Waals surface area contributed by atoms with Crippen molar-refractivity contribution in [3.63, 3.8) is 0 Å². The standard InChI is InChI=1S/C29H19F8N3O3/c30-22-9-18(29(35,36)37)5-6-21(22)27(7-8-27)26(43)39-19-10-20(25(41)42)24(23(31)11-19)16-3-1-15(2-4-16)17-12-38-40(13-17)14-28(32,33)34/h1-6,9-13H,7-8,14H2,(H,39,43)(H,41,42). The van der Waals surface area contributed by atoms with E-state index in [1.54, 1.807) is 0 Å². The van der Waals surface area contributed by atoms with E-state index in [0.717, 1.165) is 18.2 Å². The fourth-order valence-electron chi connectivity index (χ4n) is 4.83. The van der Waals surface area contributed by atoms with Crippen LogP contribution in [0.4, 0.5) is 40.8 Å². The van der Waals surface area contributed by atoms with Crippen molar-refractivity contribution >= 4 is 17.6 Å². The highest BCUT2D eigenvalue weighted by atomic mass is 19.4. The minimum Gasteiger partial charge on any atom is -0.478 e. The maximum absolute atomic E-state index is 15.3. The molecule has 43 heavy (non-hydrogen) atoms. The molecular formula is C29H19F8N3O3. The van der Waals surface area contributed by atoms with Crippen LogP contribution in [0.2, 0.25) is 0 Å². The molecule has 1 fully saturated rings. The smallest absolute Gasteiger partial charge is 0.416 e. The van der Waals surface area contributed by atoms with Gasteiger partial charge in [0.2, 0.25) is 5.91 Å². The van der Waals surface area contributed by atoms with Gasteiger partial charge in [0.1, 0.15) is 18.2 Å². The van der Waals surface area contributed by atoms with Crippen molar-refractivity contribution in [2.45, 2.75) is 37.2 Å². The van der Waals surface area contributed by atoms with Gasteiger partial charge in [0.05, 0.1) is 22.7 Å². The lowest BCUT2D eigenvalue weighted by Crippen LogP contribution is -2.29. The van der Waals surface area contributed by atoms with E-state index in [9.17, 15) is 45.4 Å². The van der Waals surface area contributed by atoms with Crippen LogP contribution in [0.1, 0.15) is 34.3 Å². The Kier molecular flexibility index (Phi) is 7.27. The summed E-state index contributed by atoms with van der Waals surface area (Å²) in [6.45, 7) is -1.29. The van der Waals surface area contributed by atoms with Crippen molar-refractivity contribution in [1.29, 1.82) is 0 Å². The Morgan fingerprint density at radius 3 is 2.09 bits per heavy atom. The molecule has 224 valence electrons. The summed E-state index contributed by atoms with van der Waals surface area (Å²) < 4.78 is 107. The van der Waals surface area contributed by atoms with Gasteiger partial charge in [-0.15, -0.1) is 0 Å². The van der Waals surface area contributed by atoms with Crippen molar-refractivity contribution in [1.82, 2.24) is 9.78 Å². The number of amides is 1. The fourth-order valence-corrected chi connectivity index (χ4v) is 4.83. The molecule has 0 unspecified atom stereocenters. The molecule has 0 saturated heterocycles. The second-order valence-corrected chi connectivity index (χ2v) is 10.0. The van der Waals surface area contributed by atoms with Gasteiger partial charge >= 0.3 is 18.3 Å². The van der Waals surface area contributed by atoms with E-state index >= 15 is 4.39 Å². The number of carboxylic acid groups (broad SMARTS) is 1. The first-order valence-electron chi connectivity index (χ1n) is 12.5. The molecule has 1 amide bonds. The van der Waals surface area contributed by atoms with E-state index in [2.05, 4.69) is 10.4 Å². The second-order valence-electron chi connectivity index (χ2n) is 10.0. The lowest BCUT2D eigenvalue weighted by Gasteiger charge is -2.19. The number of hydrogen-bond acceptors (Lipinski definition) is 3. The van der Waals surface area contributed by atoms with Gasteiger partial charge in [-0.05, 0) is 48.2 Å². The number of nitrogens with zero attached hydrogens (tertiary/aromatic N) is 2. The Morgan fingerprint density at radius 1 is 0.884 bits per heavy atom. The fraction of sp³-hybridized carbons (Fsp3) is 0.207. The third-order valence-electron chi connectivity index (χ3n) is 7.06. The first-order valence-corrected chi connectivity index (χ1v) is 12.5. The molecule has 4 aromatic rings. The van der Waals surface area contributed by atoms with E-state index in [-0.39, 0.29) is 35.2 Å². The van der Waals surface area contributed by atoms with Crippen molar-refractivity contribution in [2.75, 3.05) is 5.32 Å². The number of carbonyl (C=O) groups excluding carboxylic acids is 1. The predicted octanol–water partition coefficient (Wildman–Crippen LogP) is 7.44. The van der Waals surface area contributed by atoms with Crippen LogP contribution in [0, 0.1) is 11.6 Å². The lowest BCUT2D eigenvalue weighted by molar-refractivity contribution is -0.142. The molecule has 0 bridgehead atoms. The number of aromatic carboxylic acids is 1. The van der Waals surface area contributed by atoms with Gasteiger partial charge in [-0.2, -0.15) is 31.4 Å². The Morgan fingerprint density at radius 2 is 1.53 bits per heavy atom. The van der Waals surface area contributed by atoms with Crippen LogP contribution in [0.25, 0.3) is 22.3 Å². The van der Waals surface area contributed by atoms with E-state index in [1.807, 2.05) is 0 Å². The average molecular weight is 609 g/mol. The van der Waals surface area contributed by atoms with Gasteiger partial charge in [-0.1, -0.05) is 30.3 Å². The summed E-state index contributed by atoms with van der Waals surface area (Å²) in [5.41, 5.74) is -3.24. The zero-order valence-corrected chi connectivity index (χ0v) is 21.7. The summed E-state index contributed by atoms with van der Waals surface area (Å²) in [6.07, 6.45) is -6.66. The minimum atomic E-state index is -4.79. The van der Waals surface area contributed by atoms with Gasteiger partial charge in [0.25, 0.3) is 0 Å². The number of benzene rings is 3. The monoisotopic (exact) mass is 609 g/mol. The quantitative estimate of drug-likeness (QED) is 0.213. The van der Waals surface area contributed by atoms with Crippen molar-refractivity contribution in [3.05, 3.63) is 95.3 Å². The molecule has 14 heteroatoms. The summed E-state index contributed by atoms with van der Waals surface area (Å²) in [7, 11) is 0. The minimum absolute atomic E-state index is 0.106. The normalized spacial score (nSPS) is 14.4. The Hall–Kier alpha value is -4.75. The summed E-state index contributed by atoms with van der Waals surface area (Å²) in [4.78, 5) is 25.1. The van der Waals surface area contributed by atoms with Crippen molar-refractivity contribution in [2.24, 2.45) is 0 Å². The second kappa shape index (κ2) is 10.5. The number of carbonyl (C=O) groups is 2. The summed E-state index contributed by atoms with van der Waals surface area (Å²) >= 11 is 0. The SMILES string of the molecule is O=C(O)c1cc(NC(=O)C2(c3ccc(C(F)(F)F)cc3F)CC2)cc(F)c1-c1ccc(-c2cnn(CC(F)(F)F)c2)cc1. The largest absolute Gasteiger partial charge is 0.478 e. The Bertz CT molecular complexity index is 1720. The summed E-state index contributed by atoms with van der Waals surface area (Å²) in [5, 5.41) is 15.8. The van der Waals surface area contributed by atoms with Gasteiger partial charge in [-0.25, -0.2) is 13.6 Å². The molecule has 0 radical (unpaired) electrons. The Labute approximate surface area is 237 Å². The summed E-state index contributed by atoms with van der Waals surface area (Å²) in [6, 6.07) is 9.30. The highest BCUT2D eigenvalue weighted by molar-refractivity contribution is 6.03. The number of rotatable bonds is 7. The van der Waals surface area contributed by atoms with Crippen molar-refractivity contribution < 1.29 is 49.8 Å². The topological polar surface area (TPSA) is 84.2 Å². The summed E-state index contributed by atoms with van der Waals surface area (Å²) in [5.74, 6) is -4.65. The molecule has 3 aromatic carbocycles. The number of carboxylic acids is 1. The maximum atomic E-state index is 15.3. The number of alkyl halides is 6. The van der Waals surface area contributed by atoms with Crippen LogP contribution in [0.3, 0.4) is 0 Å². The number of hydrogen-bond donors (Lipinski definition) is 2. The van der Waals surface area contributed by atoms with Gasteiger partial charge in [-0.3, -0.25) is 9.48 Å². The third kappa shape index (κ3) is 6.08.